The van der Waals surface area contributed by atoms with Gasteiger partial charge in [-0.15, -0.1) is 5.10 Å². The summed E-state index contributed by atoms with van der Waals surface area (Å²) in [6, 6.07) is 10.4. The minimum Gasteiger partial charge on any atom is -0.345 e. The second-order valence-electron chi connectivity index (χ2n) is 6.81. The van der Waals surface area contributed by atoms with Crippen LogP contribution in [0.4, 0.5) is 16.3 Å². The number of hydrogen-bond acceptors (Lipinski definition) is 5. The van der Waals surface area contributed by atoms with E-state index in [4.69, 9.17) is 0 Å². The van der Waals surface area contributed by atoms with Gasteiger partial charge in [-0.3, -0.25) is 4.79 Å². The third-order valence-corrected chi connectivity index (χ3v) is 4.39. The average molecular weight is 353 g/mol. The van der Waals surface area contributed by atoms with Gasteiger partial charge >= 0.3 is 6.03 Å². The van der Waals surface area contributed by atoms with E-state index in [1.165, 1.54) is 5.56 Å². The summed E-state index contributed by atoms with van der Waals surface area (Å²) >= 11 is 0. The number of Topliss-reactive ketones (excluding diaryl/α,β-unsaturated/α-hetero) is 1. The van der Waals surface area contributed by atoms with E-state index < -0.39 is 12.1 Å². The van der Waals surface area contributed by atoms with Gasteiger partial charge in [-0.1, -0.05) is 26.0 Å². The number of aryl methyl sites for hydroxylation is 1. The first-order chi connectivity index (χ1) is 12.4. The number of carbonyl (C=O) groups excluding carboxylic acids is 2. The van der Waals surface area contributed by atoms with Crippen molar-refractivity contribution in [1.82, 2.24) is 15.5 Å². The molecule has 1 saturated heterocycles. The molecule has 1 aromatic carbocycles. The maximum absolute atomic E-state index is 12.2. The Morgan fingerprint density at radius 3 is 2.50 bits per heavy atom. The van der Waals surface area contributed by atoms with Gasteiger partial charge in [0.15, 0.2) is 11.6 Å². The molecule has 1 aromatic heterocycles. The topological polar surface area (TPSA) is 87.2 Å². The number of urea groups is 1. The fourth-order valence-electron chi connectivity index (χ4n) is 2.82. The molecule has 0 spiro atoms. The third kappa shape index (κ3) is 4.17. The molecule has 0 aliphatic carbocycles. The number of hydrogen-bond donors (Lipinski definition) is 2. The van der Waals surface area contributed by atoms with Crippen molar-refractivity contribution in [3.63, 3.8) is 0 Å². The minimum atomic E-state index is -0.562. The van der Waals surface area contributed by atoms with Gasteiger partial charge < -0.3 is 15.5 Å². The van der Waals surface area contributed by atoms with Crippen LogP contribution in [0, 0.1) is 6.92 Å². The Morgan fingerprint density at radius 2 is 1.88 bits per heavy atom. The van der Waals surface area contributed by atoms with E-state index in [-0.39, 0.29) is 12.3 Å². The minimum absolute atomic E-state index is 0.0438. The van der Waals surface area contributed by atoms with E-state index in [2.05, 4.69) is 34.7 Å². The number of anilines is 2. The van der Waals surface area contributed by atoms with Crippen LogP contribution in [0.15, 0.2) is 36.4 Å². The zero-order valence-electron chi connectivity index (χ0n) is 15.2. The Hall–Kier alpha value is -2.96. The van der Waals surface area contributed by atoms with Gasteiger partial charge in [0.25, 0.3) is 0 Å². The van der Waals surface area contributed by atoms with Crippen molar-refractivity contribution in [2.75, 3.05) is 23.3 Å². The van der Waals surface area contributed by atoms with Gasteiger partial charge in [0.1, 0.15) is 6.04 Å². The van der Waals surface area contributed by atoms with Crippen molar-refractivity contribution in [2.45, 2.75) is 32.7 Å². The molecule has 136 valence electrons. The molecule has 3 rings (SSSR count). The summed E-state index contributed by atoms with van der Waals surface area (Å²) in [6.07, 6.45) is 0. The lowest BCUT2D eigenvalue weighted by atomic mass is 10.0. The predicted octanol–water partition coefficient (Wildman–Crippen LogP) is 2.49. The van der Waals surface area contributed by atoms with Gasteiger partial charge in [0.2, 0.25) is 0 Å². The highest BCUT2D eigenvalue weighted by Gasteiger charge is 2.32. The molecule has 7 nitrogen and oxygen atoms in total. The van der Waals surface area contributed by atoms with Gasteiger partial charge in [0, 0.05) is 12.2 Å². The van der Waals surface area contributed by atoms with Crippen LogP contribution in [0.2, 0.25) is 0 Å². The summed E-state index contributed by atoms with van der Waals surface area (Å²) in [4.78, 5) is 26.2. The monoisotopic (exact) mass is 353 g/mol. The lowest BCUT2D eigenvalue weighted by molar-refractivity contribution is -0.117. The average Bonchev–Trinajstić information content (AvgIpc) is 2.96. The van der Waals surface area contributed by atoms with E-state index >= 15 is 0 Å². The molecule has 2 heterocycles. The van der Waals surface area contributed by atoms with Crippen LogP contribution < -0.4 is 15.5 Å². The highest BCUT2D eigenvalue weighted by molar-refractivity contribution is 5.98. The summed E-state index contributed by atoms with van der Waals surface area (Å²) < 4.78 is 0. The number of amides is 2. The van der Waals surface area contributed by atoms with Gasteiger partial charge in [-0.2, -0.15) is 5.10 Å². The van der Waals surface area contributed by atoms with Crippen LogP contribution in [0.25, 0.3) is 0 Å². The lowest BCUT2D eigenvalue weighted by Gasteiger charge is -2.16. The second-order valence-corrected chi connectivity index (χ2v) is 6.81. The molecule has 7 heteroatoms. The molecule has 1 fully saturated rings. The molecule has 2 aromatic rings. The van der Waals surface area contributed by atoms with Crippen LogP contribution in [-0.4, -0.2) is 41.1 Å². The van der Waals surface area contributed by atoms with Crippen molar-refractivity contribution < 1.29 is 9.59 Å². The zero-order valence-corrected chi connectivity index (χ0v) is 15.2. The molecular formula is C19H23N5O2. The van der Waals surface area contributed by atoms with E-state index in [9.17, 15) is 9.59 Å². The molecule has 0 radical (unpaired) electrons. The van der Waals surface area contributed by atoms with Gasteiger partial charge in [0.05, 0.1) is 12.2 Å². The van der Waals surface area contributed by atoms with Crippen LogP contribution in [0.3, 0.4) is 0 Å². The van der Waals surface area contributed by atoms with Gasteiger partial charge in [-0.05, 0) is 42.7 Å². The van der Waals surface area contributed by atoms with Crippen LogP contribution in [0.1, 0.15) is 31.0 Å². The quantitative estimate of drug-likeness (QED) is 0.882. The molecule has 1 aliphatic heterocycles. The Labute approximate surface area is 152 Å². The molecule has 2 N–H and O–H groups in total. The fraction of sp³-hybridized carbons (Fsp3) is 0.368. The van der Waals surface area contributed by atoms with E-state index in [0.717, 1.165) is 5.69 Å². The van der Waals surface area contributed by atoms with Crippen molar-refractivity contribution in [3.05, 3.63) is 47.7 Å². The van der Waals surface area contributed by atoms with Crippen molar-refractivity contribution in [2.24, 2.45) is 0 Å². The zero-order chi connectivity index (χ0) is 18.7. The number of benzene rings is 1. The maximum Gasteiger partial charge on any atom is 0.319 e. The third-order valence-electron chi connectivity index (χ3n) is 4.39. The normalized spacial score (nSPS) is 16.8. The fourth-order valence-corrected chi connectivity index (χ4v) is 2.82. The number of carbonyl (C=O) groups is 2. The lowest BCUT2D eigenvalue weighted by Crippen LogP contribution is -2.43. The van der Waals surface area contributed by atoms with Crippen molar-refractivity contribution >= 4 is 23.3 Å². The summed E-state index contributed by atoms with van der Waals surface area (Å²) in [6.45, 7) is 6.69. The molecule has 0 unspecified atom stereocenters. The summed E-state index contributed by atoms with van der Waals surface area (Å²) in [5, 5.41) is 13.6. The molecule has 1 atom stereocenters. The van der Waals surface area contributed by atoms with Crippen molar-refractivity contribution in [1.29, 1.82) is 0 Å². The van der Waals surface area contributed by atoms with Crippen molar-refractivity contribution in [3.8, 4) is 0 Å². The summed E-state index contributed by atoms with van der Waals surface area (Å²) in [7, 11) is 0. The first kappa shape index (κ1) is 17.8. The molecular weight excluding hydrogens is 330 g/mol. The Morgan fingerprint density at radius 1 is 1.15 bits per heavy atom. The molecule has 1 aliphatic rings. The largest absolute Gasteiger partial charge is 0.345 e. The number of nitrogens with zero attached hydrogens (tertiary/aromatic N) is 3. The Bertz CT molecular complexity index is 787. The van der Waals surface area contributed by atoms with E-state index in [1.807, 2.05) is 48.2 Å². The SMILES string of the molecule is Cc1ccc(N2CC(=O)[C@H](NC(=O)Nc3ccc(C(C)C)cc3)C2)nn1. The predicted molar refractivity (Wildman–Crippen MR) is 100 cm³/mol. The van der Waals surface area contributed by atoms with E-state index in [1.54, 1.807) is 0 Å². The van der Waals surface area contributed by atoms with Crippen LogP contribution in [-0.2, 0) is 4.79 Å². The molecule has 2 amide bonds. The molecule has 0 bridgehead atoms. The highest BCUT2D eigenvalue weighted by Crippen LogP contribution is 2.18. The summed E-state index contributed by atoms with van der Waals surface area (Å²) in [5.41, 5.74) is 2.71. The van der Waals surface area contributed by atoms with Gasteiger partial charge in [-0.25, -0.2) is 4.79 Å². The molecule has 26 heavy (non-hydrogen) atoms. The first-order valence-electron chi connectivity index (χ1n) is 8.68. The second kappa shape index (κ2) is 7.51. The first-order valence-corrected chi connectivity index (χ1v) is 8.68. The standard InChI is InChI=1S/C19H23N5O2/c1-12(2)14-5-7-15(8-6-14)20-19(26)21-16-10-24(11-17(16)25)18-9-4-13(3)22-23-18/h4-9,12,16H,10-11H2,1-3H3,(H2,20,21,26)/t16-/m1/s1. The number of nitrogens with one attached hydrogen (secondary N) is 2. The number of rotatable bonds is 4. The van der Waals surface area contributed by atoms with Crippen LogP contribution in [0.5, 0.6) is 0 Å². The van der Waals surface area contributed by atoms with E-state index in [0.29, 0.717) is 24.0 Å². The van der Waals surface area contributed by atoms with Crippen LogP contribution >= 0.6 is 0 Å². The molecule has 0 saturated carbocycles. The number of ketones is 1. The smallest absolute Gasteiger partial charge is 0.319 e. The maximum atomic E-state index is 12.2. The number of aromatic nitrogens is 2. The Kier molecular flexibility index (Phi) is 5.16. The Balaban J connectivity index is 1.57. The highest BCUT2D eigenvalue weighted by atomic mass is 16.2. The summed E-state index contributed by atoms with van der Waals surface area (Å²) in [5.74, 6) is 1.03.